The third-order valence-electron chi connectivity index (χ3n) is 12.0. The molecule has 2 heterocycles. The molecule has 0 aromatic heterocycles. The first-order valence-electron chi connectivity index (χ1n) is 13.7. The van der Waals surface area contributed by atoms with Crippen molar-refractivity contribution >= 4 is 17.5 Å². The van der Waals surface area contributed by atoms with E-state index >= 15 is 0 Å². The number of ether oxygens (including phenoxy) is 2. The van der Waals surface area contributed by atoms with E-state index in [-0.39, 0.29) is 59.5 Å². The van der Waals surface area contributed by atoms with Crippen molar-refractivity contribution in [3.8, 4) is 0 Å². The minimum Gasteiger partial charge on any atom is -0.458 e. The molecule has 0 radical (unpaired) electrons. The molecule has 4 saturated carbocycles. The molecule has 7 rings (SSSR count). The Labute approximate surface area is 206 Å². The van der Waals surface area contributed by atoms with Gasteiger partial charge in [-0.3, -0.25) is 9.59 Å². The fraction of sp³-hybridized carbons (Fsp3) is 0.759. The van der Waals surface area contributed by atoms with Gasteiger partial charge in [-0.1, -0.05) is 25.8 Å². The molecular weight excluding hydrogens is 444 g/mol. The van der Waals surface area contributed by atoms with Crippen LogP contribution in [0.25, 0.3) is 0 Å². The van der Waals surface area contributed by atoms with Crippen LogP contribution in [0.2, 0.25) is 0 Å². The van der Waals surface area contributed by atoms with E-state index in [0.29, 0.717) is 29.7 Å². The van der Waals surface area contributed by atoms with Gasteiger partial charge in [0, 0.05) is 6.42 Å². The Kier molecular flexibility index (Phi) is 4.45. The first-order valence-corrected chi connectivity index (χ1v) is 13.7. The molecule has 6 heteroatoms. The van der Waals surface area contributed by atoms with Crippen LogP contribution in [-0.4, -0.2) is 47.1 Å². The zero-order valence-corrected chi connectivity index (χ0v) is 20.9. The number of esters is 1. The smallest absolute Gasteiger partial charge is 0.336 e. The molecule has 35 heavy (non-hydrogen) atoms. The van der Waals surface area contributed by atoms with Crippen molar-refractivity contribution in [2.24, 2.45) is 46.3 Å². The maximum Gasteiger partial charge on any atom is 0.336 e. The summed E-state index contributed by atoms with van der Waals surface area (Å²) in [5.41, 5.74) is 0.0381. The van der Waals surface area contributed by atoms with E-state index in [1.54, 1.807) is 6.08 Å². The second-order valence-electron chi connectivity index (χ2n) is 12.9. The summed E-state index contributed by atoms with van der Waals surface area (Å²) in [5, 5.41) is 9.56. The molecule has 0 aromatic carbocycles. The normalized spacial score (nSPS) is 52.5. The number of carbonyl (C=O) groups is 3. The monoisotopic (exact) mass is 480 g/mol. The van der Waals surface area contributed by atoms with E-state index in [9.17, 15) is 19.5 Å². The van der Waals surface area contributed by atoms with Crippen LogP contribution < -0.4 is 0 Å². The second-order valence-corrected chi connectivity index (χ2v) is 12.9. The summed E-state index contributed by atoms with van der Waals surface area (Å²) in [6.07, 6.45) is 9.78. The van der Waals surface area contributed by atoms with Crippen LogP contribution in [0.3, 0.4) is 0 Å². The Balaban J connectivity index is 1.20. The van der Waals surface area contributed by atoms with E-state index in [2.05, 4.69) is 13.8 Å². The molecule has 5 aliphatic carbocycles. The average Bonchev–Trinajstić information content (AvgIpc) is 3.67. The Morgan fingerprint density at radius 1 is 1.11 bits per heavy atom. The molecule has 0 bridgehead atoms. The fourth-order valence-electron chi connectivity index (χ4n) is 10.5. The molecule has 0 aromatic rings. The third kappa shape index (κ3) is 2.46. The molecule has 2 spiro atoms. The Morgan fingerprint density at radius 3 is 2.63 bits per heavy atom. The highest BCUT2D eigenvalue weighted by atomic mass is 16.6. The number of aliphatic hydroxyl groups excluding tert-OH is 1. The molecule has 11 atom stereocenters. The molecule has 2 aliphatic heterocycles. The highest BCUT2D eigenvalue weighted by Crippen LogP contribution is 2.83. The summed E-state index contributed by atoms with van der Waals surface area (Å²) in [7, 11) is 0. The van der Waals surface area contributed by atoms with E-state index in [1.165, 1.54) is 6.08 Å². The van der Waals surface area contributed by atoms with E-state index in [4.69, 9.17) is 9.47 Å². The standard InChI is InChI=1S/C29H36O6/c1-14-11-21(34-26(33)17(14)13-30)15(2)18-6-7-19-16-12-24-29(35-24)23(32)9-8-22(31)28(29)20(25(16)28)5-4-10-27(18,19)3/h8-9,15-16,18-21,24-25,30H,4-7,10-13H2,1-3H3/t15-,16?,18?,19?,20-,21?,24+,25?,27+,28+,29+/m0/s1. The number of aliphatic hydroxyl groups is 1. The minimum atomic E-state index is -0.846. The number of rotatable bonds is 3. The maximum atomic E-state index is 13.4. The lowest BCUT2D eigenvalue weighted by molar-refractivity contribution is -0.151. The van der Waals surface area contributed by atoms with Gasteiger partial charge < -0.3 is 14.6 Å². The third-order valence-corrected chi connectivity index (χ3v) is 12.0. The van der Waals surface area contributed by atoms with E-state index in [0.717, 1.165) is 44.1 Å². The lowest BCUT2D eigenvalue weighted by Crippen LogP contribution is -2.50. The summed E-state index contributed by atoms with van der Waals surface area (Å²) in [6.45, 7) is 6.38. The van der Waals surface area contributed by atoms with Crippen LogP contribution in [0.4, 0.5) is 0 Å². The number of epoxide rings is 1. The predicted octanol–water partition coefficient (Wildman–Crippen LogP) is 3.56. The van der Waals surface area contributed by atoms with Crippen molar-refractivity contribution in [1.29, 1.82) is 0 Å². The van der Waals surface area contributed by atoms with Crippen LogP contribution in [0.15, 0.2) is 23.3 Å². The molecular formula is C29H36O6. The number of cyclic esters (lactones) is 1. The number of hydrogen-bond donors (Lipinski definition) is 1. The van der Waals surface area contributed by atoms with Crippen molar-refractivity contribution in [2.75, 3.05) is 6.61 Å². The first kappa shape index (κ1) is 22.4. The molecule has 5 fully saturated rings. The Bertz CT molecular complexity index is 1100. The van der Waals surface area contributed by atoms with Gasteiger partial charge >= 0.3 is 5.97 Å². The van der Waals surface area contributed by atoms with Gasteiger partial charge in [-0.05, 0) is 92.1 Å². The largest absolute Gasteiger partial charge is 0.458 e. The van der Waals surface area contributed by atoms with Gasteiger partial charge in [0.15, 0.2) is 17.2 Å². The minimum absolute atomic E-state index is 0.0257. The van der Waals surface area contributed by atoms with Crippen molar-refractivity contribution in [2.45, 2.75) is 83.5 Å². The highest BCUT2D eigenvalue weighted by molar-refractivity contribution is 6.17. The highest BCUT2D eigenvalue weighted by Gasteiger charge is 2.92. The van der Waals surface area contributed by atoms with E-state index < -0.39 is 11.0 Å². The van der Waals surface area contributed by atoms with Gasteiger partial charge in [0.2, 0.25) is 0 Å². The lowest BCUT2D eigenvalue weighted by atomic mass is 9.57. The van der Waals surface area contributed by atoms with E-state index in [1.807, 2.05) is 6.92 Å². The first-order chi connectivity index (χ1) is 16.7. The summed E-state index contributed by atoms with van der Waals surface area (Å²) in [5.74, 6) is 1.95. The van der Waals surface area contributed by atoms with Crippen LogP contribution in [0, 0.1) is 46.3 Å². The number of ketones is 2. The number of allylic oxidation sites excluding steroid dienone is 1. The Hall–Kier alpha value is -1.79. The maximum absolute atomic E-state index is 13.4. The van der Waals surface area contributed by atoms with Gasteiger partial charge in [0.1, 0.15) is 6.10 Å². The summed E-state index contributed by atoms with van der Waals surface area (Å²) in [6, 6.07) is 0. The van der Waals surface area contributed by atoms with Crippen molar-refractivity contribution in [1.82, 2.24) is 0 Å². The molecule has 0 amide bonds. The van der Waals surface area contributed by atoms with Crippen molar-refractivity contribution in [3.63, 3.8) is 0 Å². The lowest BCUT2D eigenvalue weighted by Gasteiger charge is -2.47. The quantitative estimate of drug-likeness (QED) is 0.490. The number of fused-ring (bicyclic) bond motifs is 2. The molecule has 6 nitrogen and oxygen atoms in total. The van der Waals surface area contributed by atoms with Gasteiger partial charge in [-0.15, -0.1) is 0 Å². The van der Waals surface area contributed by atoms with Crippen LogP contribution >= 0.6 is 0 Å². The molecule has 188 valence electrons. The summed E-state index contributed by atoms with van der Waals surface area (Å²) >= 11 is 0. The van der Waals surface area contributed by atoms with Crippen molar-refractivity contribution in [3.05, 3.63) is 23.3 Å². The number of carbonyl (C=O) groups excluding carboxylic acids is 3. The molecule has 1 N–H and O–H groups in total. The number of hydrogen-bond acceptors (Lipinski definition) is 6. The predicted molar refractivity (Wildman–Crippen MR) is 126 cm³/mol. The SMILES string of the molecule is CC1=C(CO)C(=O)OC([C@@H](C)C2CCC3C4C[C@H]5O[C@]56C(=O)C=CC(=O)[C@]65C4[C@@H]5CCC[C@@]32C)C1. The summed E-state index contributed by atoms with van der Waals surface area (Å²) in [4.78, 5) is 39.0. The Morgan fingerprint density at radius 2 is 1.89 bits per heavy atom. The van der Waals surface area contributed by atoms with Gasteiger partial charge in [0.25, 0.3) is 0 Å². The van der Waals surface area contributed by atoms with Crippen molar-refractivity contribution < 1.29 is 29.0 Å². The topological polar surface area (TPSA) is 93.2 Å². The van der Waals surface area contributed by atoms with Gasteiger partial charge in [0.05, 0.1) is 23.7 Å². The average molecular weight is 481 g/mol. The summed E-state index contributed by atoms with van der Waals surface area (Å²) < 4.78 is 12.1. The van der Waals surface area contributed by atoms with Gasteiger partial charge in [-0.25, -0.2) is 4.79 Å². The van der Waals surface area contributed by atoms with Crippen LogP contribution in [-0.2, 0) is 23.9 Å². The zero-order valence-electron chi connectivity index (χ0n) is 20.9. The molecule has 7 aliphatic rings. The zero-order chi connectivity index (χ0) is 24.5. The van der Waals surface area contributed by atoms with Gasteiger partial charge in [-0.2, -0.15) is 0 Å². The molecule has 1 saturated heterocycles. The van der Waals surface area contributed by atoms with Crippen LogP contribution in [0.5, 0.6) is 0 Å². The van der Waals surface area contributed by atoms with Crippen LogP contribution in [0.1, 0.15) is 65.7 Å². The second kappa shape index (κ2) is 6.95. The fourth-order valence-corrected chi connectivity index (χ4v) is 10.5. The molecule has 5 unspecified atom stereocenters.